The maximum Gasteiger partial charge on any atom is 0.138 e. The average molecular weight is 285 g/mol. The lowest BCUT2D eigenvalue weighted by Gasteiger charge is -2.30. The molecule has 0 spiro atoms. The number of ketones is 1. The summed E-state index contributed by atoms with van der Waals surface area (Å²) < 4.78 is 1.06. The molecule has 2 nitrogen and oxygen atoms in total. The number of quaternary nitrogens is 1. The Balaban J connectivity index is 3.71. The summed E-state index contributed by atoms with van der Waals surface area (Å²) in [5.41, 5.74) is -0.170. The standard InChI is InChI=1S/C18H38NO/c1-7-8-9-10-11-12-15-19(5,6)16-13-14-17(20)18(2,3)4/h7-16H2,1-6H3/q+1. The monoisotopic (exact) mass is 284 g/mol. The Morgan fingerprint density at radius 3 is 1.90 bits per heavy atom. The highest BCUT2D eigenvalue weighted by Gasteiger charge is 2.22. The lowest BCUT2D eigenvalue weighted by Crippen LogP contribution is -2.41. The summed E-state index contributed by atoms with van der Waals surface area (Å²) in [6.45, 7) is 10.7. The van der Waals surface area contributed by atoms with E-state index >= 15 is 0 Å². The van der Waals surface area contributed by atoms with E-state index in [-0.39, 0.29) is 5.41 Å². The van der Waals surface area contributed by atoms with E-state index in [9.17, 15) is 4.79 Å². The summed E-state index contributed by atoms with van der Waals surface area (Å²) in [4.78, 5) is 11.9. The molecule has 0 aliphatic rings. The van der Waals surface area contributed by atoms with Crippen molar-refractivity contribution in [2.24, 2.45) is 5.41 Å². The Bertz CT molecular complexity index is 263. The quantitative estimate of drug-likeness (QED) is 0.393. The topological polar surface area (TPSA) is 17.1 Å². The van der Waals surface area contributed by atoms with Gasteiger partial charge in [-0.2, -0.15) is 0 Å². The van der Waals surface area contributed by atoms with Crippen molar-refractivity contribution in [1.29, 1.82) is 0 Å². The van der Waals surface area contributed by atoms with Gasteiger partial charge in [0.15, 0.2) is 0 Å². The number of Topliss-reactive ketones (excluding diaryl/α,β-unsaturated/α-hetero) is 1. The summed E-state index contributed by atoms with van der Waals surface area (Å²) in [7, 11) is 4.60. The first kappa shape index (κ1) is 19.6. The number of hydrogen-bond acceptors (Lipinski definition) is 1. The molecule has 0 heterocycles. The van der Waals surface area contributed by atoms with E-state index in [0.29, 0.717) is 5.78 Å². The summed E-state index contributed by atoms with van der Waals surface area (Å²) in [6, 6.07) is 0. The van der Waals surface area contributed by atoms with Crippen LogP contribution in [-0.4, -0.2) is 37.5 Å². The second kappa shape index (κ2) is 9.55. The minimum Gasteiger partial charge on any atom is -0.328 e. The third-order valence-electron chi connectivity index (χ3n) is 4.12. The van der Waals surface area contributed by atoms with E-state index in [4.69, 9.17) is 0 Å². The van der Waals surface area contributed by atoms with Gasteiger partial charge in [0, 0.05) is 18.3 Å². The fraction of sp³-hybridized carbons (Fsp3) is 0.944. The van der Waals surface area contributed by atoms with E-state index in [1.54, 1.807) is 0 Å². The van der Waals surface area contributed by atoms with Crippen LogP contribution in [0.15, 0.2) is 0 Å². The van der Waals surface area contributed by atoms with Gasteiger partial charge in [-0.3, -0.25) is 4.79 Å². The smallest absolute Gasteiger partial charge is 0.138 e. The Labute approximate surface area is 127 Å². The molecule has 0 saturated carbocycles. The molecular weight excluding hydrogens is 246 g/mol. The molecule has 0 aromatic rings. The largest absolute Gasteiger partial charge is 0.328 e. The van der Waals surface area contributed by atoms with Crippen LogP contribution in [0.5, 0.6) is 0 Å². The lowest BCUT2D eigenvalue weighted by atomic mass is 9.88. The van der Waals surface area contributed by atoms with Gasteiger partial charge in [-0.1, -0.05) is 53.4 Å². The minimum absolute atomic E-state index is 0.170. The molecule has 0 rings (SSSR count). The second-order valence-electron chi connectivity index (χ2n) is 7.93. The molecule has 0 amide bonds. The molecule has 0 saturated heterocycles. The van der Waals surface area contributed by atoms with E-state index in [1.807, 2.05) is 20.8 Å². The van der Waals surface area contributed by atoms with Gasteiger partial charge in [0.25, 0.3) is 0 Å². The average Bonchev–Trinajstić information content (AvgIpc) is 2.32. The first-order valence-corrected chi connectivity index (χ1v) is 8.54. The van der Waals surface area contributed by atoms with Crippen molar-refractivity contribution >= 4 is 5.78 Å². The van der Waals surface area contributed by atoms with Gasteiger partial charge in [-0.25, -0.2) is 0 Å². The van der Waals surface area contributed by atoms with Crippen LogP contribution < -0.4 is 0 Å². The number of unbranched alkanes of at least 4 members (excludes halogenated alkanes) is 5. The summed E-state index contributed by atoms with van der Waals surface area (Å²) in [5.74, 6) is 0.400. The van der Waals surface area contributed by atoms with Gasteiger partial charge in [0.2, 0.25) is 0 Å². The van der Waals surface area contributed by atoms with Gasteiger partial charge in [-0.05, 0) is 12.8 Å². The van der Waals surface area contributed by atoms with Crippen molar-refractivity contribution in [2.45, 2.75) is 79.1 Å². The number of carbonyl (C=O) groups excluding carboxylic acids is 1. The van der Waals surface area contributed by atoms with Crippen molar-refractivity contribution < 1.29 is 9.28 Å². The molecule has 0 N–H and O–H groups in total. The molecule has 0 radical (unpaired) electrons. The zero-order chi connectivity index (χ0) is 15.6. The number of nitrogens with zero attached hydrogens (tertiary/aromatic N) is 1. The lowest BCUT2D eigenvalue weighted by molar-refractivity contribution is -0.890. The van der Waals surface area contributed by atoms with Crippen molar-refractivity contribution in [3.8, 4) is 0 Å². The van der Waals surface area contributed by atoms with Crippen LogP contribution in [0, 0.1) is 5.41 Å². The molecule has 0 aromatic carbocycles. The third kappa shape index (κ3) is 10.4. The van der Waals surface area contributed by atoms with Gasteiger partial charge in [-0.15, -0.1) is 0 Å². The van der Waals surface area contributed by atoms with Gasteiger partial charge < -0.3 is 4.48 Å². The highest BCUT2D eigenvalue weighted by molar-refractivity contribution is 5.83. The molecule has 0 bridgehead atoms. The van der Waals surface area contributed by atoms with Crippen LogP contribution in [-0.2, 0) is 4.79 Å². The molecule has 0 fully saturated rings. The molecule has 0 aliphatic heterocycles. The molecule has 0 unspecified atom stereocenters. The Morgan fingerprint density at radius 1 is 0.850 bits per heavy atom. The summed E-state index contributed by atoms with van der Waals surface area (Å²) in [6.07, 6.45) is 9.93. The molecule has 120 valence electrons. The summed E-state index contributed by atoms with van der Waals surface area (Å²) >= 11 is 0. The minimum atomic E-state index is -0.170. The van der Waals surface area contributed by atoms with Crippen molar-refractivity contribution in [3.05, 3.63) is 0 Å². The van der Waals surface area contributed by atoms with Gasteiger partial charge in [0.1, 0.15) is 5.78 Å². The van der Waals surface area contributed by atoms with Crippen molar-refractivity contribution in [3.63, 3.8) is 0 Å². The summed E-state index contributed by atoms with van der Waals surface area (Å²) in [5, 5.41) is 0. The third-order valence-corrected chi connectivity index (χ3v) is 4.12. The highest BCUT2D eigenvalue weighted by atomic mass is 16.1. The number of carbonyl (C=O) groups is 1. The Hall–Kier alpha value is -0.370. The predicted octanol–water partition coefficient (Wildman–Crippen LogP) is 4.82. The Kier molecular flexibility index (Phi) is 9.37. The van der Waals surface area contributed by atoms with Gasteiger partial charge in [0.05, 0.1) is 27.2 Å². The van der Waals surface area contributed by atoms with Crippen LogP contribution >= 0.6 is 0 Å². The molecular formula is C18H38NO+. The molecule has 0 atom stereocenters. The molecule has 20 heavy (non-hydrogen) atoms. The first-order valence-electron chi connectivity index (χ1n) is 8.54. The molecule has 2 heteroatoms. The first-order chi connectivity index (χ1) is 9.19. The number of rotatable bonds is 11. The van der Waals surface area contributed by atoms with Crippen molar-refractivity contribution in [1.82, 2.24) is 0 Å². The van der Waals surface area contributed by atoms with E-state index in [0.717, 1.165) is 23.9 Å². The molecule has 0 aromatic heterocycles. The highest BCUT2D eigenvalue weighted by Crippen LogP contribution is 2.18. The zero-order valence-corrected chi connectivity index (χ0v) is 14.9. The van der Waals surface area contributed by atoms with Crippen LogP contribution in [0.3, 0.4) is 0 Å². The maximum atomic E-state index is 11.9. The Morgan fingerprint density at radius 2 is 1.35 bits per heavy atom. The fourth-order valence-corrected chi connectivity index (χ4v) is 2.47. The predicted molar refractivity (Wildman–Crippen MR) is 88.9 cm³/mol. The van der Waals surface area contributed by atoms with Crippen LogP contribution in [0.2, 0.25) is 0 Å². The normalized spacial score (nSPS) is 12.7. The SMILES string of the molecule is CCCCCCCC[N+](C)(C)CCCC(=O)C(C)(C)C. The van der Waals surface area contributed by atoms with E-state index in [2.05, 4.69) is 21.0 Å². The van der Waals surface area contributed by atoms with Crippen molar-refractivity contribution in [2.75, 3.05) is 27.2 Å². The van der Waals surface area contributed by atoms with E-state index < -0.39 is 0 Å². The zero-order valence-electron chi connectivity index (χ0n) is 14.9. The second-order valence-corrected chi connectivity index (χ2v) is 7.93. The fourth-order valence-electron chi connectivity index (χ4n) is 2.47. The van der Waals surface area contributed by atoms with Crippen LogP contribution in [0.25, 0.3) is 0 Å². The van der Waals surface area contributed by atoms with Gasteiger partial charge >= 0.3 is 0 Å². The van der Waals surface area contributed by atoms with Crippen LogP contribution in [0.1, 0.15) is 79.1 Å². The molecule has 0 aliphatic carbocycles. The van der Waals surface area contributed by atoms with E-state index in [1.165, 1.54) is 45.1 Å². The maximum absolute atomic E-state index is 11.9. The van der Waals surface area contributed by atoms with Crippen LogP contribution in [0.4, 0.5) is 0 Å². The number of hydrogen-bond donors (Lipinski definition) is 0.